The van der Waals surface area contributed by atoms with Gasteiger partial charge in [-0.15, -0.1) is 0 Å². The lowest BCUT2D eigenvalue weighted by Crippen LogP contribution is -2.27. The molecular formula is C10H11F3O7S. The number of hydrogen-bond acceptors (Lipinski definition) is 7. The van der Waals surface area contributed by atoms with Crippen LogP contribution in [0, 0.1) is 11.8 Å². The zero-order valence-corrected chi connectivity index (χ0v) is 11.7. The molecule has 0 aromatic heterocycles. The van der Waals surface area contributed by atoms with Gasteiger partial charge in [0.05, 0.1) is 26.1 Å². The van der Waals surface area contributed by atoms with Gasteiger partial charge in [0.2, 0.25) is 0 Å². The number of rotatable bonds is 4. The van der Waals surface area contributed by atoms with Crippen molar-refractivity contribution < 1.29 is 44.8 Å². The average molecular weight is 332 g/mol. The van der Waals surface area contributed by atoms with Gasteiger partial charge in [-0.3, -0.25) is 9.59 Å². The van der Waals surface area contributed by atoms with Crippen LogP contribution in [-0.4, -0.2) is 40.1 Å². The first-order valence-electron chi connectivity index (χ1n) is 5.40. The van der Waals surface area contributed by atoms with Gasteiger partial charge in [-0.2, -0.15) is 21.6 Å². The maximum Gasteiger partial charge on any atom is 0.534 e. The monoisotopic (exact) mass is 332 g/mol. The van der Waals surface area contributed by atoms with Crippen LogP contribution < -0.4 is 0 Å². The Kier molecular flexibility index (Phi) is 4.87. The van der Waals surface area contributed by atoms with Crippen molar-refractivity contribution in [2.45, 2.75) is 11.9 Å². The van der Waals surface area contributed by atoms with Crippen molar-refractivity contribution >= 4 is 22.1 Å². The van der Waals surface area contributed by atoms with E-state index >= 15 is 0 Å². The Bertz CT molecular complexity index is 564. The second-order valence-corrected chi connectivity index (χ2v) is 5.54. The summed E-state index contributed by atoms with van der Waals surface area (Å²) >= 11 is 0. The van der Waals surface area contributed by atoms with Crippen LogP contribution in [-0.2, 0) is 33.4 Å². The Balaban J connectivity index is 3.01. The van der Waals surface area contributed by atoms with Crippen LogP contribution in [0.25, 0.3) is 0 Å². The number of hydrogen-bond donors (Lipinski definition) is 0. The molecule has 2 atom stereocenters. The summed E-state index contributed by atoms with van der Waals surface area (Å²) in [4.78, 5) is 22.9. The van der Waals surface area contributed by atoms with E-state index in [1.165, 1.54) is 0 Å². The highest BCUT2D eigenvalue weighted by atomic mass is 32.2. The third kappa shape index (κ3) is 3.65. The topological polar surface area (TPSA) is 96.0 Å². The smallest absolute Gasteiger partial charge is 0.469 e. The van der Waals surface area contributed by atoms with E-state index in [0.29, 0.717) is 0 Å². The van der Waals surface area contributed by atoms with Crippen LogP contribution in [0.3, 0.4) is 0 Å². The highest BCUT2D eigenvalue weighted by Gasteiger charge is 2.50. The molecule has 120 valence electrons. The Morgan fingerprint density at radius 2 is 1.71 bits per heavy atom. The minimum absolute atomic E-state index is 0.526. The van der Waals surface area contributed by atoms with E-state index in [0.717, 1.165) is 20.3 Å². The van der Waals surface area contributed by atoms with Crippen LogP contribution in [0.1, 0.15) is 6.42 Å². The SMILES string of the molecule is COC(=O)C1C=C(OS(=O)(=O)C(F)(F)F)CC1C(=O)OC. The van der Waals surface area contributed by atoms with E-state index < -0.39 is 51.6 Å². The van der Waals surface area contributed by atoms with Gasteiger partial charge in [-0.25, -0.2) is 0 Å². The first-order chi connectivity index (χ1) is 9.53. The highest BCUT2D eigenvalue weighted by Crippen LogP contribution is 2.36. The molecular weight excluding hydrogens is 321 g/mol. The zero-order valence-electron chi connectivity index (χ0n) is 10.8. The predicted octanol–water partition coefficient (Wildman–Crippen LogP) is 0.719. The van der Waals surface area contributed by atoms with Crippen molar-refractivity contribution in [3.05, 3.63) is 11.8 Å². The van der Waals surface area contributed by atoms with Crippen molar-refractivity contribution in [2.24, 2.45) is 11.8 Å². The minimum Gasteiger partial charge on any atom is -0.469 e. The molecule has 0 bridgehead atoms. The Hall–Kier alpha value is -1.78. The summed E-state index contributed by atoms with van der Waals surface area (Å²) in [7, 11) is -3.84. The summed E-state index contributed by atoms with van der Waals surface area (Å²) in [6, 6.07) is 0. The molecule has 2 unspecified atom stereocenters. The van der Waals surface area contributed by atoms with Crippen molar-refractivity contribution in [2.75, 3.05) is 14.2 Å². The van der Waals surface area contributed by atoms with Gasteiger partial charge in [-0.1, -0.05) is 0 Å². The molecule has 0 aliphatic heterocycles. The Labute approximate surface area is 117 Å². The summed E-state index contributed by atoms with van der Waals surface area (Å²) in [5.41, 5.74) is -5.61. The van der Waals surface area contributed by atoms with Crippen LogP contribution in [0.4, 0.5) is 13.2 Å². The lowest BCUT2D eigenvalue weighted by atomic mass is 9.96. The molecule has 11 heteroatoms. The van der Waals surface area contributed by atoms with E-state index in [4.69, 9.17) is 0 Å². The fourth-order valence-electron chi connectivity index (χ4n) is 1.73. The molecule has 21 heavy (non-hydrogen) atoms. The number of halogens is 3. The third-order valence-corrected chi connectivity index (χ3v) is 3.70. The highest BCUT2D eigenvalue weighted by molar-refractivity contribution is 7.87. The zero-order chi connectivity index (χ0) is 16.4. The van der Waals surface area contributed by atoms with Gasteiger partial charge in [0.15, 0.2) is 0 Å². The van der Waals surface area contributed by atoms with E-state index in [-0.39, 0.29) is 0 Å². The van der Waals surface area contributed by atoms with E-state index in [1.54, 1.807) is 0 Å². The molecule has 0 spiro atoms. The number of allylic oxidation sites excluding steroid dienone is 1. The van der Waals surface area contributed by atoms with E-state index in [9.17, 15) is 31.2 Å². The van der Waals surface area contributed by atoms with Gasteiger partial charge in [0, 0.05) is 6.42 Å². The van der Waals surface area contributed by atoms with Crippen LogP contribution in [0.5, 0.6) is 0 Å². The van der Waals surface area contributed by atoms with Crippen LogP contribution in [0.2, 0.25) is 0 Å². The summed E-state index contributed by atoms with van der Waals surface area (Å²) in [6.07, 6.45) is 0.276. The molecule has 1 aliphatic carbocycles. The molecule has 0 saturated heterocycles. The molecule has 0 amide bonds. The van der Waals surface area contributed by atoms with Crippen molar-refractivity contribution in [3.8, 4) is 0 Å². The largest absolute Gasteiger partial charge is 0.534 e. The normalized spacial score (nSPS) is 22.4. The molecule has 7 nitrogen and oxygen atoms in total. The number of methoxy groups -OCH3 is 2. The molecule has 0 radical (unpaired) electrons. The number of carbonyl (C=O) groups excluding carboxylic acids is 2. The van der Waals surface area contributed by atoms with Gasteiger partial charge < -0.3 is 13.7 Å². The maximum absolute atomic E-state index is 12.2. The van der Waals surface area contributed by atoms with Crippen molar-refractivity contribution in [1.82, 2.24) is 0 Å². The van der Waals surface area contributed by atoms with Crippen LogP contribution in [0.15, 0.2) is 11.8 Å². The van der Waals surface area contributed by atoms with E-state index in [2.05, 4.69) is 13.7 Å². The standard InChI is InChI=1S/C10H11F3O7S/c1-18-8(14)6-3-5(4-7(6)9(15)19-2)20-21(16,17)10(11,12)13/h3,6-7H,4H2,1-2H3. The number of carbonyl (C=O) groups is 2. The lowest BCUT2D eigenvalue weighted by Gasteiger charge is -2.14. The molecule has 0 aromatic carbocycles. The average Bonchev–Trinajstić information content (AvgIpc) is 2.78. The van der Waals surface area contributed by atoms with Gasteiger partial charge in [0.1, 0.15) is 5.76 Å². The second kappa shape index (κ2) is 5.92. The van der Waals surface area contributed by atoms with E-state index in [1.807, 2.05) is 0 Å². The predicted molar refractivity (Wildman–Crippen MR) is 59.8 cm³/mol. The molecule has 0 N–H and O–H groups in total. The molecule has 0 heterocycles. The minimum atomic E-state index is -5.87. The molecule has 1 rings (SSSR count). The molecule has 0 aromatic rings. The fraction of sp³-hybridized carbons (Fsp3) is 0.600. The first-order valence-corrected chi connectivity index (χ1v) is 6.81. The van der Waals surface area contributed by atoms with Gasteiger partial charge in [0.25, 0.3) is 0 Å². The number of ether oxygens (including phenoxy) is 2. The Morgan fingerprint density at radius 1 is 1.19 bits per heavy atom. The maximum atomic E-state index is 12.2. The third-order valence-electron chi connectivity index (χ3n) is 2.70. The summed E-state index contributed by atoms with van der Waals surface area (Å²) in [5.74, 6) is -4.97. The molecule has 0 fully saturated rings. The lowest BCUT2D eigenvalue weighted by molar-refractivity contribution is -0.154. The Morgan fingerprint density at radius 3 is 2.14 bits per heavy atom. The number of esters is 2. The fourth-order valence-corrected chi connectivity index (χ4v) is 2.23. The summed E-state index contributed by atoms with van der Waals surface area (Å²) in [5, 5.41) is 0. The quantitative estimate of drug-likeness (QED) is 0.425. The summed E-state index contributed by atoms with van der Waals surface area (Å²) < 4.78 is 71.1. The van der Waals surface area contributed by atoms with Gasteiger partial charge >= 0.3 is 27.6 Å². The van der Waals surface area contributed by atoms with Crippen molar-refractivity contribution in [1.29, 1.82) is 0 Å². The second-order valence-electron chi connectivity index (χ2n) is 4.00. The summed E-state index contributed by atoms with van der Waals surface area (Å²) in [6.45, 7) is 0. The first kappa shape index (κ1) is 17.3. The number of alkyl halides is 3. The van der Waals surface area contributed by atoms with Gasteiger partial charge in [-0.05, 0) is 6.08 Å². The molecule has 0 saturated carbocycles. The molecule has 1 aliphatic rings. The van der Waals surface area contributed by atoms with Crippen LogP contribution >= 0.6 is 0 Å². The van der Waals surface area contributed by atoms with Crippen molar-refractivity contribution in [3.63, 3.8) is 0 Å².